The van der Waals surface area contributed by atoms with Crippen molar-refractivity contribution < 1.29 is 17.3 Å². The van der Waals surface area contributed by atoms with Gasteiger partial charge in [-0.3, -0.25) is 4.18 Å². The van der Waals surface area contributed by atoms with Gasteiger partial charge in [-0.1, -0.05) is 38.3 Å². The summed E-state index contributed by atoms with van der Waals surface area (Å²) >= 11 is 5.92. The van der Waals surface area contributed by atoms with E-state index in [0.29, 0.717) is 28.9 Å². The highest BCUT2D eigenvalue weighted by atomic mass is 35.5. The number of hydrogen-bond donors (Lipinski definition) is 0. The van der Waals surface area contributed by atoms with Crippen molar-refractivity contribution in [1.82, 2.24) is 0 Å². The SMILES string of the molecule is CCC(CC)COc1ccc(Cl)cc1COS(C)(=O)=O. The lowest BCUT2D eigenvalue weighted by Crippen LogP contribution is -2.11. The quantitative estimate of drug-likeness (QED) is 0.686. The van der Waals surface area contributed by atoms with Crippen molar-refractivity contribution in [3.8, 4) is 5.75 Å². The Kier molecular flexibility index (Phi) is 6.79. The van der Waals surface area contributed by atoms with E-state index in [1.807, 2.05) is 0 Å². The molecule has 0 fully saturated rings. The third-order valence-corrected chi connectivity index (χ3v) is 3.86. The smallest absolute Gasteiger partial charge is 0.264 e. The lowest BCUT2D eigenvalue weighted by Gasteiger charge is -2.16. The molecule has 0 radical (unpaired) electrons. The molecule has 0 spiro atoms. The van der Waals surface area contributed by atoms with Gasteiger partial charge in [0, 0.05) is 10.6 Å². The van der Waals surface area contributed by atoms with E-state index in [1.54, 1.807) is 18.2 Å². The predicted molar refractivity (Wildman–Crippen MR) is 80.7 cm³/mol. The second-order valence-corrected chi connectivity index (χ2v) is 6.79. The van der Waals surface area contributed by atoms with Gasteiger partial charge < -0.3 is 4.74 Å². The van der Waals surface area contributed by atoms with E-state index in [2.05, 4.69) is 13.8 Å². The summed E-state index contributed by atoms with van der Waals surface area (Å²) in [6, 6.07) is 5.12. The molecule has 0 saturated carbocycles. The molecule has 0 aromatic heterocycles. The molecule has 0 heterocycles. The molecule has 0 unspecified atom stereocenters. The van der Waals surface area contributed by atoms with Gasteiger partial charge in [0.1, 0.15) is 5.75 Å². The van der Waals surface area contributed by atoms with E-state index in [0.717, 1.165) is 19.1 Å². The lowest BCUT2D eigenvalue weighted by molar-refractivity contribution is 0.232. The molecule has 0 saturated heterocycles. The van der Waals surface area contributed by atoms with Crippen LogP contribution in [-0.4, -0.2) is 21.3 Å². The van der Waals surface area contributed by atoms with Gasteiger partial charge in [0.05, 0.1) is 19.5 Å². The highest BCUT2D eigenvalue weighted by molar-refractivity contribution is 7.85. The standard InChI is InChI=1S/C14H21ClO4S/c1-4-11(5-2)9-18-14-7-6-13(15)8-12(14)10-19-20(3,16)17/h6-8,11H,4-5,9-10H2,1-3H3. The molecule has 1 aromatic rings. The third-order valence-electron chi connectivity index (χ3n) is 3.08. The number of benzene rings is 1. The van der Waals surface area contributed by atoms with E-state index < -0.39 is 10.1 Å². The van der Waals surface area contributed by atoms with Crippen LogP contribution < -0.4 is 4.74 Å². The van der Waals surface area contributed by atoms with Crippen molar-refractivity contribution >= 4 is 21.7 Å². The normalized spacial score (nSPS) is 11.8. The molecular weight excluding hydrogens is 300 g/mol. The predicted octanol–water partition coefficient (Wildman–Crippen LogP) is 3.63. The Morgan fingerprint density at radius 3 is 2.45 bits per heavy atom. The Balaban J connectivity index is 2.79. The largest absolute Gasteiger partial charge is 0.493 e. The van der Waals surface area contributed by atoms with Crippen LogP contribution in [-0.2, 0) is 20.9 Å². The minimum Gasteiger partial charge on any atom is -0.493 e. The zero-order valence-electron chi connectivity index (χ0n) is 12.1. The maximum Gasteiger partial charge on any atom is 0.264 e. The minimum absolute atomic E-state index is 0.0718. The van der Waals surface area contributed by atoms with Crippen LogP contribution in [0.3, 0.4) is 0 Å². The molecule has 6 heteroatoms. The summed E-state index contributed by atoms with van der Waals surface area (Å²) in [6.45, 7) is 4.76. The van der Waals surface area contributed by atoms with E-state index in [-0.39, 0.29) is 6.61 Å². The molecule has 4 nitrogen and oxygen atoms in total. The summed E-state index contributed by atoms with van der Waals surface area (Å²) < 4.78 is 32.7. The van der Waals surface area contributed by atoms with Gasteiger partial charge in [0.25, 0.3) is 10.1 Å². The first-order valence-electron chi connectivity index (χ1n) is 6.61. The average molecular weight is 321 g/mol. The van der Waals surface area contributed by atoms with Gasteiger partial charge in [-0.15, -0.1) is 0 Å². The van der Waals surface area contributed by atoms with Gasteiger partial charge in [0.15, 0.2) is 0 Å². The first-order valence-corrected chi connectivity index (χ1v) is 8.80. The van der Waals surface area contributed by atoms with E-state index >= 15 is 0 Å². The van der Waals surface area contributed by atoms with Crippen LogP contribution in [0.5, 0.6) is 5.75 Å². The molecule has 0 aliphatic carbocycles. The molecule has 114 valence electrons. The Morgan fingerprint density at radius 2 is 1.90 bits per heavy atom. The summed E-state index contributed by atoms with van der Waals surface area (Å²) in [5.41, 5.74) is 0.633. The molecular formula is C14H21ClO4S. The third kappa shape index (κ3) is 6.11. The number of ether oxygens (including phenoxy) is 1. The molecule has 0 atom stereocenters. The highest BCUT2D eigenvalue weighted by Crippen LogP contribution is 2.25. The van der Waals surface area contributed by atoms with E-state index in [4.69, 9.17) is 20.5 Å². The summed E-state index contributed by atoms with van der Waals surface area (Å²) in [6.07, 6.45) is 3.10. The Hall–Kier alpha value is -0.780. The number of halogens is 1. The van der Waals surface area contributed by atoms with E-state index in [1.165, 1.54) is 0 Å². The number of hydrogen-bond acceptors (Lipinski definition) is 4. The van der Waals surface area contributed by atoms with Gasteiger partial charge in [-0.2, -0.15) is 8.42 Å². The van der Waals surface area contributed by atoms with Crippen LogP contribution in [0.4, 0.5) is 0 Å². The van der Waals surface area contributed by atoms with Crippen molar-refractivity contribution in [3.63, 3.8) is 0 Å². The topological polar surface area (TPSA) is 52.6 Å². The summed E-state index contributed by atoms with van der Waals surface area (Å²) in [7, 11) is -3.49. The zero-order chi connectivity index (χ0) is 15.2. The van der Waals surface area contributed by atoms with Crippen molar-refractivity contribution in [2.75, 3.05) is 12.9 Å². The molecule has 0 N–H and O–H groups in total. The average Bonchev–Trinajstić information content (AvgIpc) is 2.38. The minimum atomic E-state index is -3.49. The molecule has 20 heavy (non-hydrogen) atoms. The van der Waals surface area contributed by atoms with E-state index in [9.17, 15) is 8.42 Å². The van der Waals surface area contributed by atoms with Gasteiger partial charge >= 0.3 is 0 Å². The van der Waals surface area contributed by atoms with Gasteiger partial charge in [0.2, 0.25) is 0 Å². The summed E-state index contributed by atoms with van der Waals surface area (Å²) in [4.78, 5) is 0. The fraction of sp³-hybridized carbons (Fsp3) is 0.571. The van der Waals surface area contributed by atoms with Crippen molar-refractivity contribution in [2.45, 2.75) is 33.3 Å². The molecule has 0 bridgehead atoms. The maximum absolute atomic E-state index is 11.1. The van der Waals surface area contributed by atoms with Crippen LogP contribution in [0.15, 0.2) is 18.2 Å². The maximum atomic E-state index is 11.1. The second kappa shape index (κ2) is 7.86. The van der Waals surface area contributed by atoms with Crippen molar-refractivity contribution in [2.24, 2.45) is 5.92 Å². The fourth-order valence-corrected chi connectivity index (χ4v) is 2.24. The molecule has 0 aliphatic heterocycles. The number of rotatable bonds is 8. The molecule has 1 rings (SSSR count). The Morgan fingerprint density at radius 1 is 1.25 bits per heavy atom. The van der Waals surface area contributed by atoms with Crippen LogP contribution in [0, 0.1) is 5.92 Å². The fourth-order valence-electron chi connectivity index (χ4n) is 1.70. The second-order valence-electron chi connectivity index (χ2n) is 4.71. The summed E-state index contributed by atoms with van der Waals surface area (Å²) in [5, 5.41) is 0.520. The zero-order valence-corrected chi connectivity index (χ0v) is 13.6. The lowest BCUT2D eigenvalue weighted by atomic mass is 10.1. The van der Waals surface area contributed by atoms with Crippen molar-refractivity contribution in [3.05, 3.63) is 28.8 Å². The first-order chi connectivity index (χ1) is 9.35. The van der Waals surface area contributed by atoms with Crippen LogP contribution in [0.2, 0.25) is 5.02 Å². The molecule has 0 aliphatic rings. The monoisotopic (exact) mass is 320 g/mol. The molecule has 0 amide bonds. The Bertz CT molecular complexity index is 524. The Labute approximate surface area is 126 Å². The first kappa shape index (κ1) is 17.3. The van der Waals surface area contributed by atoms with Crippen LogP contribution in [0.25, 0.3) is 0 Å². The summed E-state index contributed by atoms with van der Waals surface area (Å²) in [5.74, 6) is 1.10. The van der Waals surface area contributed by atoms with Gasteiger partial charge in [-0.05, 0) is 24.1 Å². The van der Waals surface area contributed by atoms with Crippen molar-refractivity contribution in [1.29, 1.82) is 0 Å². The molecule has 1 aromatic carbocycles. The highest BCUT2D eigenvalue weighted by Gasteiger charge is 2.11. The van der Waals surface area contributed by atoms with Gasteiger partial charge in [-0.25, -0.2) is 0 Å². The van der Waals surface area contributed by atoms with Crippen LogP contribution >= 0.6 is 11.6 Å². The van der Waals surface area contributed by atoms with Crippen LogP contribution in [0.1, 0.15) is 32.3 Å².